The highest BCUT2D eigenvalue weighted by Crippen LogP contribution is 2.28. The van der Waals surface area contributed by atoms with Gasteiger partial charge in [-0.3, -0.25) is 4.79 Å². The lowest BCUT2D eigenvalue weighted by Gasteiger charge is -2.23. The Hall–Kier alpha value is -1.40. The SMILES string of the molecule is CC(C)(C)OO[C@@H](CC(=O)C(F)(F)F)c1ccccc1. The molecule has 0 unspecified atom stereocenters. The van der Waals surface area contributed by atoms with Crippen LogP contribution in [0.25, 0.3) is 0 Å². The van der Waals surface area contributed by atoms with E-state index in [-0.39, 0.29) is 0 Å². The van der Waals surface area contributed by atoms with Gasteiger partial charge in [-0.15, -0.1) is 0 Å². The largest absolute Gasteiger partial charge is 0.450 e. The molecule has 20 heavy (non-hydrogen) atoms. The minimum atomic E-state index is -4.88. The Labute approximate surface area is 115 Å². The average Bonchev–Trinajstić information content (AvgIpc) is 2.33. The van der Waals surface area contributed by atoms with E-state index in [4.69, 9.17) is 9.78 Å². The highest BCUT2D eigenvalue weighted by atomic mass is 19.4. The van der Waals surface area contributed by atoms with Gasteiger partial charge in [0.2, 0.25) is 5.78 Å². The molecule has 1 atom stereocenters. The van der Waals surface area contributed by atoms with Crippen LogP contribution in [0.3, 0.4) is 0 Å². The number of rotatable bonds is 5. The Morgan fingerprint density at radius 3 is 2.15 bits per heavy atom. The van der Waals surface area contributed by atoms with Crippen LogP contribution in [0.5, 0.6) is 0 Å². The molecule has 0 amide bonds. The first-order valence-corrected chi connectivity index (χ1v) is 6.09. The monoisotopic (exact) mass is 290 g/mol. The van der Waals surface area contributed by atoms with Gasteiger partial charge < -0.3 is 0 Å². The van der Waals surface area contributed by atoms with Gasteiger partial charge in [0.05, 0.1) is 5.60 Å². The van der Waals surface area contributed by atoms with Crippen LogP contribution in [0.1, 0.15) is 38.9 Å². The van der Waals surface area contributed by atoms with E-state index in [9.17, 15) is 18.0 Å². The maximum atomic E-state index is 12.4. The number of carbonyl (C=O) groups excluding carboxylic acids is 1. The van der Waals surface area contributed by atoms with Gasteiger partial charge in [-0.25, -0.2) is 9.78 Å². The maximum Gasteiger partial charge on any atom is 0.450 e. The zero-order chi connectivity index (χ0) is 15.4. The van der Waals surface area contributed by atoms with Gasteiger partial charge in [-0.2, -0.15) is 13.2 Å². The van der Waals surface area contributed by atoms with Gasteiger partial charge in [-0.05, 0) is 26.3 Å². The van der Waals surface area contributed by atoms with Crippen LogP contribution in [0.4, 0.5) is 13.2 Å². The molecule has 0 saturated carbocycles. The Morgan fingerprint density at radius 1 is 1.15 bits per heavy atom. The molecule has 1 rings (SSSR count). The minimum absolute atomic E-state index is 0.453. The third kappa shape index (κ3) is 5.71. The van der Waals surface area contributed by atoms with Crippen LogP contribution in [0.2, 0.25) is 0 Å². The Morgan fingerprint density at radius 2 is 1.70 bits per heavy atom. The molecule has 0 heterocycles. The molecule has 0 bridgehead atoms. The van der Waals surface area contributed by atoms with Crippen molar-refractivity contribution in [3.8, 4) is 0 Å². The lowest BCUT2D eigenvalue weighted by atomic mass is 10.0. The highest BCUT2D eigenvalue weighted by molar-refractivity contribution is 5.84. The fourth-order valence-electron chi connectivity index (χ4n) is 1.36. The molecular formula is C14H17F3O3. The quantitative estimate of drug-likeness (QED) is 0.607. The molecular weight excluding hydrogens is 273 g/mol. The van der Waals surface area contributed by atoms with E-state index in [2.05, 4.69) is 0 Å². The number of carbonyl (C=O) groups is 1. The summed E-state index contributed by atoms with van der Waals surface area (Å²) in [6.45, 7) is 5.09. The number of alkyl halides is 3. The van der Waals surface area contributed by atoms with E-state index < -0.39 is 30.1 Å². The molecule has 0 N–H and O–H groups in total. The minimum Gasteiger partial charge on any atom is -0.289 e. The number of halogens is 3. The predicted molar refractivity (Wildman–Crippen MR) is 66.8 cm³/mol. The predicted octanol–water partition coefficient (Wildman–Crippen LogP) is 4.00. The molecule has 0 aliphatic heterocycles. The van der Waals surface area contributed by atoms with Gasteiger partial charge in [0.15, 0.2) is 0 Å². The lowest BCUT2D eigenvalue weighted by Crippen LogP contribution is -2.27. The van der Waals surface area contributed by atoms with Crippen LogP contribution >= 0.6 is 0 Å². The normalized spacial score (nSPS) is 14.1. The number of benzene rings is 1. The number of Topliss-reactive ketones (excluding diaryl/α,β-unsaturated/α-hetero) is 1. The highest BCUT2D eigenvalue weighted by Gasteiger charge is 2.40. The zero-order valence-corrected chi connectivity index (χ0v) is 11.5. The summed E-state index contributed by atoms with van der Waals surface area (Å²) in [6, 6.07) is 8.19. The maximum absolute atomic E-state index is 12.4. The van der Waals surface area contributed by atoms with Crippen molar-refractivity contribution in [1.82, 2.24) is 0 Å². The van der Waals surface area contributed by atoms with E-state index in [0.29, 0.717) is 5.56 Å². The summed E-state index contributed by atoms with van der Waals surface area (Å²) in [5, 5.41) is 0. The van der Waals surface area contributed by atoms with Crippen LogP contribution in [-0.2, 0) is 14.6 Å². The van der Waals surface area contributed by atoms with Crippen LogP contribution in [0, 0.1) is 0 Å². The van der Waals surface area contributed by atoms with Gasteiger partial charge in [0.1, 0.15) is 6.10 Å². The summed E-state index contributed by atoms with van der Waals surface area (Å²) in [4.78, 5) is 21.2. The van der Waals surface area contributed by atoms with Crippen molar-refractivity contribution in [2.45, 2.75) is 45.1 Å². The van der Waals surface area contributed by atoms with Gasteiger partial charge in [0, 0.05) is 6.42 Å². The van der Waals surface area contributed by atoms with Crippen LogP contribution < -0.4 is 0 Å². The summed E-state index contributed by atoms with van der Waals surface area (Å²) in [5.41, 5.74) is -0.233. The van der Waals surface area contributed by atoms with Crippen molar-refractivity contribution in [2.24, 2.45) is 0 Å². The summed E-state index contributed by atoms with van der Waals surface area (Å²) in [7, 11) is 0. The Kier molecular flexibility index (Phi) is 5.30. The fraction of sp³-hybridized carbons (Fsp3) is 0.500. The van der Waals surface area contributed by atoms with Gasteiger partial charge >= 0.3 is 6.18 Å². The van der Waals surface area contributed by atoms with Crippen molar-refractivity contribution in [3.63, 3.8) is 0 Å². The van der Waals surface area contributed by atoms with Crippen molar-refractivity contribution in [2.75, 3.05) is 0 Å². The fourth-order valence-corrected chi connectivity index (χ4v) is 1.36. The van der Waals surface area contributed by atoms with Crippen molar-refractivity contribution >= 4 is 5.78 Å². The molecule has 0 aliphatic carbocycles. The molecule has 0 fully saturated rings. The summed E-state index contributed by atoms with van der Waals surface area (Å²) in [5.74, 6) is -1.84. The van der Waals surface area contributed by atoms with E-state index in [1.54, 1.807) is 51.1 Å². The third-order valence-electron chi connectivity index (χ3n) is 2.27. The molecule has 0 aliphatic rings. The first kappa shape index (κ1) is 16.7. The second kappa shape index (κ2) is 6.37. The first-order valence-electron chi connectivity index (χ1n) is 6.09. The van der Waals surface area contributed by atoms with Crippen LogP contribution in [-0.4, -0.2) is 17.6 Å². The van der Waals surface area contributed by atoms with Gasteiger partial charge in [-0.1, -0.05) is 30.3 Å². The van der Waals surface area contributed by atoms with Crippen LogP contribution in [0.15, 0.2) is 30.3 Å². The summed E-state index contributed by atoms with van der Waals surface area (Å²) in [6.07, 6.45) is -6.79. The number of hydrogen-bond donors (Lipinski definition) is 0. The first-order chi connectivity index (χ1) is 9.09. The van der Waals surface area contributed by atoms with E-state index >= 15 is 0 Å². The Bertz CT molecular complexity index is 435. The topological polar surface area (TPSA) is 35.5 Å². The molecule has 112 valence electrons. The third-order valence-corrected chi connectivity index (χ3v) is 2.27. The molecule has 6 heteroatoms. The summed E-state index contributed by atoms with van der Waals surface area (Å²) < 4.78 is 37.1. The molecule has 3 nitrogen and oxygen atoms in total. The number of ketones is 1. The van der Waals surface area contributed by atoms with E-state index in [0.717, 1.165) is 0 Å². The van der Waals surface area contributed by atoms with E-state index in [1.807, 2.05) is 0 Å². The molecule has 1 aromatic rings. The van der Waals surface area contributed by atoms with Crippen molar-refractivity contribution in [3.05, 3.63) is 35.9 Å². The van der Waals surface area contributed by atoms with Crippen molar-refractivity contribution < 1.29 is 27.7 Å². The standard InChI is InChI=1S/C14H17F3O3/c1-13(2,3)20-19-11(9-12(18)14(15,16)17)10-7-5-4-6-8-10/h4-8,11H,9H2,1-3H3/t11-/m0/s1. The second-order valence-electron chi connectivity index (χ2n) is 5.32. The second-order valence-corrected chi connectivity index (χ2v) is 5.32. The molecule has 0 radical (unpaired) electrons. The molecule has 1 aromatic carbocycles. The van der Waals surface area contributed by atoms with Gasteiger partial charge in [0.25, 0.3) is 0 Å². The Balaban J connectivity index is 2.83. The summed E-state index contributed by atoms with van der Waals surface area (Å²) >= 11 is 0. The molecule has 0 aromatic heterocycles. The number of hydrogen-bond acceptors (Lipinski definition) is 3. The smallest absolute Gasteiger partial charge is 0.289 e. The molecule has 0 spiro atoms. The molecule has 0 saturated heterocycles. The zero-order valence-electron chi connectivity index (χ0n) is 11.5. The van der Waals surface area contributed by atoms with Crippen molar-refractivity contribution in [1.29, 1.82) is 0 Å². The van der Waals surface area contributed by atoms with E-state index in [1.165, 1.54) is 0 Å². The lowest BCUT2D eigenvalue weighted by molar-refractivity contribution is -0.376. The average molecular weight is 290 g/mol.